The number of anilines is 1. The van der Waals surface area contributed by atoms with Crippen molar-refractivity contribution >= 4 is 23.5 Å². The van der Waals surface area contributed by atoms with Gasteiger partial charge < -0.3 is 19.4 Å². The van der Waals surface area contributed by atoms with E-state index in [-0.39, 0.29) is 36.5 Å². The largest absolute Gasteiger partial charge is 0.466 e. The smallest absolute Gasteiger partial charge is 0.306 e. The Balaban J connectivity index is 1.66. The van der Waals surface area contributed by atoms with Crippen LogP contribution in [0.2, 0.25) is 0 Å². The van der Waals surface area contributed by atoms with Crippen LogP contribution in [-0.4, -0.2) is 35.8 Å². The number of ether oxygens (including phenoxy) is 1. The van der Waals surface area contributed by atoms with Crippen molar-refractivity contribution in [1.29, 1.82) is 0 Å². The van der Waals surface area contributed by atoms with E-state index in [0.717, 1.165) is 16.9 Å². The maximum Gasteiger partial charge on any atom is 0.306 e. The van der Waals surface area contributed by atoms with Crippen LogP contribution >= 0.6 is 0 Å². The van der Waals surface area contributed by atoms with E-state index in [0.29, 0.717) is 37.6 Å². The fourth-order valence-corrected chi connectivity index (χ4v) is 3.45. The number of furan rings is 1. The van der Waals surface area contributed by atoms with Gasteiger partial charge in [0.05, 0.1) is 13.0 Å². The first-order valence-corrected chi connectivity index (χ1v) is 10.3. The van der Waals surface area contributed by atoms with Crippen molar-refractivity contribution in [1.82, 2.24) is 4.90 Å². The highest BCUT2D eigenvalue weighted by atomic mass is 16.5. The van der Waals surface area contributed by atoms with E-state index in [1.54, 1.807) is 13.0 Å². The van der Waals surface area contributed by atoms with Crippen LogP contribution in [-0.2, 0) is 32.1 Å². The normalized spacial score (nSPS) is 13.1. The van der Waals surface area contributed by atoms with Crippen LogP contribution in [0.5, 0.6) is 0 Å². The lowest BCUT2D eigenvalue weighted by Crippen LogP contribution is -2.37. The fourth-order valence-electron chi connectivity index (χ4n) is 3.45. The number of fused-ring (bicyclic) bond motifs is 1. The van der Waals surface area contributed by atoms with Gasteiger partial charge in [-0.05, 0) is 25.1 Å². The minimum Gasteiger partial charge on any atom is -0.466 e. The molecule has 0 radical (unpaired) electrons. The van der Waals surface area contributed by atoms with Crippen LogP contribution < -0.4 is 5.32 Å². The van der Waals surface area contributed by atoms with Gasteiger partial charge in [-0.1, -0.05) is 26.0 Å². The van der Waals surface area contributed by atoms with Crippen LogP contribution in [0.3, 0.4) is 0 Å². The first kappa shape index (κ1) is 21.6. The van der Waals surface area contributed by atoms with Gasteiger partial charge in [-0.3, -0.25) is 14.4 Å². The molecule has 0 aliphatic carbocycles. The highest BCUT2D eigenvalue weighted by Gasteiger charge is 2.25. The van der Waals surface area contributed by atoms with Crippen LogP contribution in [0, 0.1) is 5.92 Å². The molecule has 0 fully saturated rings. The summed E-state index contributed by atoms with van der Waals surface area (Å²) in [6, 6.07) is 9.35. The molecule has 0 spiro atoms. The highest BCUT2D eigenvalue weighted by Crippen LogP contribution is 2.31. The van der Waals surface area contributed by atoms with Crippen molar-refractivity contribution in [2.24, 2.45) is 5.92 Å². The standard InChI is InChI=1S/C23H28N2O5/c1-4-29-22(27)9-8-21(26)24-18-7-5-6-16(12-18)20-13-17-14-25(23(28)15(2)3)11-10-19(17)30-20/h5-7,12-13,15H,4,8-11,14H2,1-3H3,(H,24,26). The average Bonchev–Trinajstić information content (AvgIpc) is 3.15. The van der Waals surface area contributed by atoms with Crippen molar-refractivity contribution in [2.75, 3.05) is 18.5 Å². The van der Waals surface area contributed by atoms with Gasteiger partial charge in [-0.2, -0.15) is 0 Å². The van der Waals surface area contributed by atoms with Gasteiger partial charge in [-0.15, -0.1) is 0 Å². The zero-order valence-electron chi connectivity index (χ0n) is 17.7. The number of carbonyl (C=O) groups is 3. The van der Waals surface area contributed by atoms with Gasteiger partial charge in [-0.25, -0.2) is 0 Å². The topological polar surface area (TPSA) is 88.8 Å². The summed E-state index contributed by atoms with van der Waals surface area (Å²) in [6.45, 7) is 7.07. The third-order valence-corrected chi connectivity index (χ3v) is 4.96. The lowest BCUT2D eigenvalue weighted by Gasteiger charge is -2.27. The van der Waals surface area contributed by atoms with E-state index in [2.05, 4.69) is 5.32 Å². The predicted octanol–water partition coefficient (Wildman–Crippen LogP) is 3.77. The lowest BCUT2D eigenvalue weighted by molar-refractivity contribution is -0.144. The van der Waals surface area contributed by atoms with E-state index in [9.17, 15) is 14.4 Å². The molecule has 2 heterocycles. The minimum atomic E-state index is -0.382. The first-order chi connectivity index (χ1) is 14.4. The summed E-state index contributed by atoms with van der Waals surface area (Å²) < 4.78 is 10.9. The number of nitrogens with zero attached hydrogens (tertiary/aromatic N) is 1. The Kier molecular flexibility index (Phi) is 6.92. The zero-order valence-corrected chi connectivity index (χ0v) is 17.7. The van der Waals surface area contributed by atoms with Crippen molar-refractivity contribution < 1.29 is 23.5 Å². The summed E-state index contributed by atoms with van der Waals surface area (Å²) in [5.74, 6) is 1.11. The molecule has 1 N–H and O–H groups in total. The van der Waals surface area contributed by atoms with Gasteiger partial charge in [0, 0.05) is 48.7 Å². The molecule has 2 aromatic rings. The summed E-state index contributed by atoms with van der Waals surface area (Å²) in [7, 11) is 0. The molecule has 0 unspecified atom stereocenters. The Labute approximate surface area is 176 Å². The molecule has 1 aromatic heterocycles. The fraction of sp³-hybridized carbons (Fsp3) is 0.435. The van der Waals surface area contributed by atoms with Gasteiger partial charge >= 0.3 is 5.97 Å². The summed E-state index contributed by atoms with van der Waals surface area (Å²) in [5, 5.41) is 2.80. The Morgan fingerprint density at radius 1 is 1.20 bits per heavy atom. The molecule has 30 heavy (non-hydrogen) atoms. The first-order valence-electron chi connectivity index (χ1n) is 10.3. The van der Waals surface area contributed by atoms with Gasteiger partial charge in [0.2, 0.25) is 11.8 Å². The number of hydrogen-bond donors (Lipinski definition) is 1. The molecule has 7 nitrogen and oxygen atoms in total. The Morgan fingerprint density at radius 3 is 2.73 bits per heavy atom. The summed E-state index contributed by atoms with van der Waals surface area (Å²) in [5.41, 5.74) is 2.50. The molecule has 0 saturated heterocycles. The maximum absolute atomic E-state index is 12.3. The summed E-state index contributed by atoms with van der Waals surface area (Å²) in [4.78, 5) is 37.7. The Morgan fingerprint density at radius 2 is 2.00 bits per heavy atom. The van der Waals surface area contributed by atoms with Crippen LogP contribution in [0.4, 0.5) is 5.69 Å². The second-order valence-electron chi connectivity index (χ2n) is 7.66. The second-order valence-corrected chi connectivity index (χ2v) is 7.66. The van der Waals surface area contributed by atoms with Crippen molar-refractivity contribution in [3.8, 4) is 11.3 Å². The molecule has 3 rings (SSSR count). The molecule has 1 aromatic carbocycles. The van der Waals surface area contributed by atoms with Crippen molar-refractivity contribution in [2.45, 2.75) is 46.6 Å². The predicted molar refractivity (Wildman–Crippen MR) is 113 cm³/mol. The monoisotopic (exact) mass is 412 g/mol. The Bertz CT molecular complexity index is 931. The molecule has 2 amide bonds. The van der Waals surface area contributed by atoms with E-state index in [1.165, 1.54) is 0 Å². The van der Waals surface area contributed by atoms with Crippen LogP contribution in [0.1, 0.15) is 44.9 Å². The number of nitrogens with one attached hydrogen (secondary N) is 1. The number of amides is 2. The zero-order chi connectivity index (χ0) is 21.7. The van der Waals surface area contributed by atoms with Crippen molar-refractivity contribution in [3.05, 3.63) is 41.7 Å². The van der Waals surface area contributed by atoms with Crippen LogP contribution in [0.15, 0.2) is 34.7 Å². The third-order valence-electron chi connectivity index (χ3n) is 4.96. The molecular weight excluding hydrogens is 384 g/mol. The molecule has 160 valence electrons. The molecule has 0 atom stereocenters. The van der Waals surface area contributed by atoms with E-state index in [4.69, 9.17) is 9.15 Å². The number of carbonyl (C=O) groups excluding carboxylic acids is 3. The van der Waals surface area contributed by atoms with E-state index < -0.39 is 0 Å². The number of hydrogen-bond acceptors (Lipinski definition) is 5. The molecule has 0 saturated carbocycles. The van der Waals surface area contributed by atoms with E-state index in [1.807, 2.05) is 43.0 Å². The van der Waals surface area contributed by atoms with Gasteiger partial charge in [0.25, 0.3) is 0 Å². The van der Waals surface area contributed by atoms with Gasteiger partial charge in [0.1, 0.15) is 11.5 Å². The quantitative estimate of drug-likeness (QED) is 0.700. The Hall–Kier alpha value is -3.09. The number of benzene rings is 1. The molecule has 1 aliphatic rings. The third kappa shape index (κ3) is 5.28. The van der Waals surface area contributed by atoms with Crippen LogP contribution in [0.25, 0.3) is 11.3 Å². The van der Waals surface area contributed by atoms with E-state index >= 15 is 0 Å². The molecule has 1 aliphatic heterocycles. The molecular formula is C23H28N2O5. The summed E-state index contributed by atoms with van der Waals surface area (Å²) >= 11 is 0. The number of rotatable bonds is 7. The molecule has 7 heteroatoms. The SMILES string of the molecule is CCOC(=O)CCC(=O)Nc1cccc(-c2cc3c(o2)CCN(C(=O)C(C)C)C3)c1. The maximum atomic E-state index is 12.3. The second kappa shape index (κ2) is 9.61. The molecule has 0 bridgehead atoms. The van der Waals surface area contributed by atoms with Gasteiger partial charge in [0.15, 0.2) is 0 Å². The average molecular weight is 412 g/mol. The highest BCUT2D eigenvalue weighted by molar-refractivity contribution is 5.93. The lowest BCUT2D eigenvalue weighted by atomic mass is 10.1. The summed E-state index contributed by atoms with van der Waals surface area (Å²) in [6.07, 6.45) is 0.811. The van der Waals surface area contributed by atoms with Crippen molar-refractivity contribution in [3.63, 3.8) is 0 Å². The number of esters is 1. The minimum absolute atomic E-state index is 0.0259.